The lowest BCUT2D eigenvalue weighted by Gasteiger charge is -2.30. The van der Waals surface area contributed by atoms with Crippen molar-refractivity contribution < 1.29 is 0 Å². The van der Waals surface area contributed by atoms with E-state index in [0.717, 1.165) is 24.2 Å². The highest BCUT2D eigenvalue weighted by Gasteiger charge is 2.30. The van der Waals surface area contributed by atoms with Gasteiger partial charge in [-0.3, -0.25) is 4.98 Å². The predicted molar refractivity (Wildman–Crippen MR) is 78.5 cm³/mol. The van der Waals surface area contributed by atoms with Crippen molar-refractivity contribution >= 4 is 0 Å². The van der Waals surface area contributed by atoms with E-state index in [9.17, 15) is 0 Å². The second-order valence-corrected chi connectivity index (χ2v) is 5.43. The van der Waals surface area contributed by atoms with Gasteiger partial charge in [0.25, 0.3) is 0 Å². The monoisotopic (exact) mass is 268 g/mol. The Morgan fingerprint density at radius 1 is 1.25 bits per heavy atom. The van der Waals surface area contributed by atoms with Crippen LogP contribution in [0.15, 0.2) is 30.7 Å². The fraction of sp³-hybridized carbons (Fsp3) is 0.438. The lowest BCUT2D eigenvalue weighted by molar-refractivity contribution is 0.400. The summed E-state index contributed by atoms with van der Waals surface area (Å²) in [5.41, 5.74) is 3.67. The van der Waals surface area contributed by atoms with Gasteiger partial charge in [-0.25, -0.2) is 9.97 Å². The summed E-state index contributed by atoms with van der Waals surface area (Å²) in [5.74, 6) is 1.22. The van der Waals surface area contributed by atoms with E-state index in [1.54, 1.807) is 0 Å². The number of nitrogens with zero attached hydrogens (tertiary/aromatic N) is 3. The SMILES string of the molecule is CNC(c1ncc(C)cn1)C1CCCc2cccnc21. The first-order chi connectivity index (χ1) is 9.79. The van der Waals surface area contributed by atoms with Crippen LogP contribution < -0.4 is 5.32 Å². The third-order valence-electron chi connectivity index (χ3n) is 4.03. The van der Waals surface area contributed by atoms with Crippen LogP contribution in [0.5, 0.6) is 0 Å². The van der Waals surface area contributed by atoms with Gasteiger partial charge in [0.1, 0.15) is 5.82 Å². The van der Waals surface area contributed by atoms with Gasteiger partial charge >= 0.3 is 0 Å². The second-order valence-electron chi connectivity index (χ2n) is 5.43. The highest BCUT2D eigenvalue weighted by Crippen LogP contribution is 2.37. The Morgan fingerprint density at radius 2 is 2.05 bits per heavy atom. The fourth-order valence-electron chi connectivity index (χ4n) is 3.04. The first-order valence-electron chi connectivity index (χ1n) is 7.19. The molecule has 1 aliphatic rings. The summed E-state index contributed by atoms with van der Waals surface area (Å²) in [5, 5.41) is 3.38. The van der Waals surface area contributed by atoms with E-state index >= 15 is 0 Å². The summed E-state index contributed by atoms with van der Waals surface area (Å²) in [6.07, 6.45) is 9.12. The number of likely N-dealkylation sites (N-methyl/N-ethyl adjacent to an activating group) is 1. The van der Waals surface area contributed by atoms with E-state index in [0.29, 0.717) is 5.92 Å². The van der Waals surface area contributed by atoms with Gasteiger partial charge < -0.3 is 5.32 Å². The van der Waals surface area contributed by atoms with E-state index in [1.165, 1.54) is 17.7 Å². The van der Waals surface area contributed by atoms with Crippen molar-refractivity contribution in [2.24, 2.45) is 0 Å². The van der Waals surface area contributed by atoms with Crippen molar-refractivity contribution in [2.75, 3.05) is 7.05 Å². The molecule has 0 spiro atoms. The molecule has 0 bridgehead atoms. The lowest BCUT2D eigenvalue weighted by Crippen LogP contribution is -2.29. The summed E-state index contributed by atoms with van der Waals surface area (Å²) in [7, 11) is 1.98. The van der Waals surface area contributed by atoms with E-state index in [-0.39, 0.29) is 6.04 Å². The second kappa shape index (κ2) is 5.67. The van der Waals surface area contributed by atoms with Crippen LogP contribution in [-0.2, 0) is 6.42 Å². The Bertz CT molecular complexity index is 579. The van der Waals surface area contributed by atoms with Crippen molar-refractivity contribution in [3.8, 4) is 0 Å². The van der Waals surface area contributed by atoms with Gasteiger partial charge in [0, 0.05) is 30.2 Å². The Balaban J connectivity index is 1.96. The molecule has 104 valence electrons. The maximum Gasteiger partial charge on any atom is 0.145 e. The molecule has 0 aromatic carbocycles. The average molecular weight is 268 g/mol. The van der Waals surface area contributed by atoms with Crippen LogP contribution in [0, 0.1) is 6.92 Å². The molecule has 0 fully saturated rings. The van der Waals surface area contributed by atoms with Crippen LogP contribution in [-0.4, -0.2) is 22.0 Å². The van der Waals surface area contributed by atoms with Crippen LogP contribution in [0.3, 0.4) is 0 Å². The molecule has 20 heavy (non-hydrogen) atoms. The first-order valence-corrected chi connectivity index (χ1v) is 7.19. The largest absolute Gasteiger partial charge is 0.310 e. The zero-order valence-electron chi connectivity index (χ0n) is 12.0. The van der Waals surface area contributed by atoms with E-state index in [2.05, 4.69) is 26.3 Å². The molecule has 4 heteroatoms. The van der Waals surface area contributed by atoms with Crippen LogP contribution >= 0.6 is 0 Å². The molecule has 2 unspecified atom stereocenters. The third kappa shape index (κ3) is 2.43. The number of hydrogen-bond donors (Lipinski definition) is 1. The molecule has 2 atom stereocenters. The molecule has 0 radical (unpaired) electrons. The van der Waals surface area contributed by atoms with Crippen molar-refractivity contribution in [3.05, 3.63) is 53.4 Å². The van der Waals surface area contributed by atoms with Crippen LogP contribution in [0.4, 0.5) is 0 Å². The minimum absolute atomic E-state index is 0.129. The zero-order chi connectivity index (χ0) is 13.9. The zero-order valence-corrected chi connectivity index (χ0v) is 12.0. The van der Waals surface area contributed by atoms with Crippen molar-refractivity contribution in [3.63, 3.8) is 0 Å². The summed E-state index contributed by atoms with van der Waals surface area (Å²) in [4.78, 5) is 13.6. The average Bonchev–Trinajstić information content (AvgIpc) is 2.50. The summed E-state index contributed by atoms with van der Waals surface area (Å²) >= 11 is 0. The molecule has 1 aliphatic carbocycles. The number of pyridine rings is 1. The van der Waals surface area contributed by atoms with Gasteiger partial charge in [0.15, 0.2) is 0 Å². The smallest absolute Gasteiger partial charge is 0.145 e. The quantitative estimate of drug-likeness (QED) is 0.929. The maximum atomic E-state index is 4.62. The molecule has 2 aromatic heterocycles. The van der Waals surface area contributed by atoms with Gasteiger partial charge in [-0.15, -0.1) is 0 Å². The Morgan fingerprint density at radius 3 is 2.80 bits per heavy atom. The van der Waals surface area contributed by atoms with Crippen LogP contribution in [0.2, 0.25) is 0 Å². The number of fused-ring (bicyclic) bond motifs is 1. The Kier molecular flexibility index (Phi) is 3.74. The van der Waals surface area contributed by atoms with Crippen molar-refractivity contribution in [1.82, 2.24) is 20.3 Å². The molecule has 4 nitrogen and oxygen atoms in total. The van der Waals surface area contributed by atoms with E-state index in [1.807, 2.05) is 38.6 Å². The van der Waals surface area contributed by atoms with Gasteiger partial charge in [0.05, 0.1) is 6.04 Å². The van der Waals surface area contributed by atoms with Gasteiger partial charge in [0.2, 0.25) is 0 Å². The number of aryl methyl sites for hydroxylation is 2. The maximum absolute atomic E-state index is 4.62. The molecular weight excluding hydrogens is 248 g/mol. The van der Waals surface area contributed by atoms with E-state index < -0.39 is 0 Å². The summed E-state index contributed by atoms with van der Waals surface area (Å²) in [6.45, 7) is 2.01. The topological polar surface area (TPSA) is 50.7 Å². The number of nitrogens with one attached hydrogen (secondary N) is 1. The fourth-order valence-corrected chi connectivity index (χ4v) is 3.04. The standard InChI is InChI=1S/C16H20N4/c1-11-9-19-16(20-10-11)15(17-2)13-7-3-5-12-6-4-8-18-14(12)13/h4,6,8-10,13,15,17H,3,5,7H2,1-2H3. The molecule has 3 rings (SSSR count). The Hall–Kier alpha value is -1.81. The third-order valence-corrected chi connectivity index (χ3v) is 4.03. The lowest BCUT2D eigenvalue weighted by atomic mass is 9.81. The van der Waals surface area contributed by atoms with Crippen LogP contribution in [0.25, 0.3) is 0 Å². The molecule has 2 aromatic rings. The number of aromatic nitrogens is 3. The predicted octanol–water partition coefficient (Wildman–Crippen LogP) is 2.56. The van der Waals surface area contributed by atoms with Crippen molar-refractivity contribution in [2.45, 2.75) is 38.1 Å². The molecule has 0 amide bonds. The van der Waals surface area contributed by atoms with Gasteiger partial charge in [-0.2, -0.15) is 0 Å². The number of rotatable bonds is 3. The minimum Gasteiger partial charge on any atom is -0.310 e. The highest BCUT2D eigenvalue weighted by atomic mass is 15.0. The van der Waals surface area contributed by atoms with Crippen LogP contribution in [0.1, 0.15) is 47.4 Å². The van der Waals surface area contributed by atoms with E-state index in [4.69, 9.17) is 0 Å². The molecule has 0 saturated heterocycles. The van der Waals surface area contributed by atoms with Gasteiger partial charge in [-0.1, -0.05) is 6.07 Å². The minimum atomic E-state index is 0.129. The summed E-state index contributed by atoms with van der Waals surface area (Å²) in [6, 6.07) is 4.35. The first kappa shape index (κ1) is 13.2. The number of hydrogen-bond acceptors (Lipinski definition) is 4. The molecule has 2 heterocycles. The highest BCUT2D eigenvalue weighted by molar-refractivity contribution is 5.28. The molecule has 0 saturated carbocycles. The molecular formula is C16H20N4. The molecule has 0 aliphatic heterocycles. The Labute approximate surface area is 119 Å². The molecule has 1 N–H and O–H groups in total. The summed E-state index contributed by atoms with van der Waals surface area (Å²) < 4.78 is 0. The van der Waals surface area contributed by atoms with Gasteiger partial charge in [-0.05, 0) is 50.4 Å². The normalized spacial score (nSPS) is 19.4. The van der Waals surface area contributed by atoms with Crippen molar-refractivity contribution in [1.29, 1.82) is 0 Å².